The second kappa shape index (κ2) is 10.2. The van der Waals surface area contributed by atoms with Gasteiger partial charge in [-0.05, 0) is 48.7 Å². The van der Waals surface area contributed by atoms with E-state index in [4.69, 9.17) is 25.8 Å². The van der Waals surface area contributed by atoms with E-state index in [0.29, 0.717) is 17.2 Å². The molecule has 2 aliphatic rings. The maximum absolute atomic E-state index is 13.5. The topological polar surface area (TPSA) is 94.2 Å². The van der Waals surface area contributed by atoms with Gasteiger partial charge in [0.2, 0.25) is 22.7 Å². The highest BCUT2D eigenvalue weighted by Crippen LogP contribution is 2.33. The third-order valence-corrected chi connectivity index (χ3v) is 8.13. The minimum Gasteiger partial charge on any atom is -0.495 e. The van der Waals surface area contributed by atoms with E-state index >= 15 is 0 Å². The zero-order chi connectivity index (χ0) is 23.4. The minimum atomic E-state index is -3.94. The lowest BCUT2D eigenvalue weighted by Crippen LogP contribution is -2.46. The minimum absolute atomic E-state index is 0.0439. The summed E-state index contributed by atoms with van der Waals surface area (Å²) in [4.78, 5) is 12.9. The number of hydrogen-bond donors (Lipinski definition) is 1. The molecule has 0 bridgehead atoms. The molecule has 1 N–H and O–H groups in total. The molecule has 1 heterocycles. The van der Waals surface area contributed by atoms with Crippen LogP contribution < -0.4 is 19.5 Å². The van der Waals surface area contributed by atoms with Gasteiger partial charge >= 0.3 is 0 Å². The van der Waals surface area contributed by atoms with Crippen molar-refractivity contribution in [3.05, 3.63) is 47.0 Å². The summed E-state index contributed by atoms with van der Waals surface area (Å²) < 4.78 is 44.2. The normalized spacial score (nSPS) is 16.1. The van der Waals surface area contributed by atoms with Crippen LogP contribution >= 0.6 is 11.6 Å². The third-order valence-electron chi connectivity index (χ3n) is 5.94. The van der Waals surface area contributed by atoms with Crippen LogP contribution in [0.2, 0.25) is 5.02 Å². The van der Waals surface area contributed by atoms with Gasteiger partial charge in [0.25, 0.3) is 0 Å². The number of fused-ring (bicyclic) bond motifs is 1. The molecule has 33 heavy (non-hydrogen) atoms. The Morgan fingerprint density at radius 2 is 1.88 bits per heavy atom. The van der Waals surface area contributed by atoms with Crippen LogP contribution in [0.15, 0.2) is 41.3 Å². The SMILES string of the molecule is COc1ccc(S(=O)(=O)N(CC(=O)NCc2ccc3c(c2)OCO3)C2CCCCC2)cc1Cl. The third kappa shape index (κ3) is 5.37. The fourth-order valence-electron chi connectivity index (χ4n) is 4.17. The monoisotopic (exact) mass is 494 g/mol. The first-order valence-corrected chi connectivity index (χ1v) is 12.7. The number of nitrogens with one attached hydrogen (secondary N) is 1. The van der Waals surface area contributed by atoms with Crippen molar-refractivity contribution in [2.45, 2.75) is 49.6 Å². The summed E-state index contributed by atoms with van der Waals surface area (Å²) in [5.74, 6) is 1.31. The zero-order valence-corrected chi connectivity index (χ0v) is 20.0. The van der Waals surface area contributed by atoms with Gasteiger partial charge in [0, 0.05) is 12.6 Å². The van der Waals surface area contributed by atoms with E-state index < -0.39 is 10.0 Å². The molecule has 2 aromatic rings. The smallest absolute Gasteiger partial charge is 0.243 e. The van der Waals surface area contributed by atoms with E-state index in [1.54, 1.807) is 12.1 Å². The Morgan fingerprint density at radius 1 is 1.12 bits per heavy atom. The van der Waals surface area contributed by atoms with Crippen LogP contribution in [-0.2, 0) is 21.4 Å². The fraction of sp³-hybridized carbons (Fsp3) is 0.435. The molecule has 1 aliphatic heterocycles. The van der Waals surface area contributed by atoms with Gasteiger partial charge in [-0.2, -0.15) is 4.31 Å². The molecule has 0 radical (unpaired) electrons. The van der Waals surface area contributed by atoms with Gasteiger partial charge in [0.05, 0.1) is 23.6 Å². The lowest BCUT2D eigenvalue weighted by molar-refractivity contribution is -0.121. The summed E-state index contributed by atoms with van der Waals surface area (Å²) in [7, 11) is -2.47. The predicted molar refractivity (Wildman–Crippen MR) is 123 cm³/mol. The highest BCUT2D eigenvalue weighted by molar-refractivity contribution is 7.89. The molecule has 4 rings (SSSR count). The van der Waals surface area contributed by atoms with Gasteiger partial charge < -0.3 is 19.5 Å². The van der Waals surface area contributed by atoms with Gasteiger partial charge in [0.15, 0.2) is 11.5 Å². The first kappa shape index (κ1) is 23.7. The van der Waals surface area contributed by atoms with Crippen LogP contribution in [0, 0.1) is 0 Å². The lowest BCUT2D eigenvalue weighted by atomic mass is 9.95. The molecule has 1 saturated carbocycles. The van der Waals surface area contributed by atoms with E-state index in [0.717, 1.165) is 37.7 Å². The molecule has 1 fully saturated rings. The van der Waals surface area contributed by atoms with Crippen molar-refractivity contribution in [2.75, 3.05) is 20.4 Å². The van der Waals surface area contributed by atoms with Crippen LogP contribution in [0.5, 0.6) is 17.2 Å². The highest BCUT2D eigenvalue weighted by atomic mass is 35.5. The number of sulfonamides is 1. The van der Waals surface area contributed by atoms with Gasteiger partial charge in [-0.25, -0.2) is 8.42 Å². The Hall–Kier alpha value is -2.49. The molecule has 0 aromatic heterocycles. The van der Waals surface area contributed by atoms with E-state index in [1.807, 2.05) is 6.07 Å². The molecule has 0 atom stereocenters. The van der Waals surface area contributed by atoms with Crippen molar-refractivity contribution in [3.63, 3.8) is 0 Å². The van der Waals surface area contributed by atoms with Crippen molar-refractivity contribution >= 4 is 27.5 Å². The molecule has 10 heteroatoms. The molecule has 2 aromatic carbocycles. The van der Waals surface area contributed by atoms with Crippen molar-refractivity contribution in [1.82, 2.24) is 9.62 Å². The molecule has 0 unspecified atom stereocenters. The number of ether oxygens (including phenoxy) is 3. The molecular formula is C23H27ClN2O6S. The van der Waals surface area contributed by atoms with Crippen LogP contribution in [0.3, 0.4) is 0 Å². The second-order valence-corrected chi connectivity index (χ2v) is 10.4. The van der Waals surface area contributed by atoms with Gasteiger partial charge in [0.1, 0.15) is 5.75 Å². The summed E-state index contributed by atoms with van der Waals surface area (Å²) in [5.41, 5.74) is 0.835. The predicted octanol–water partition coefficient (Wildman–Crippen LogP) is 3.72. The van der Waals surface area contributed by atoms with Crippen molar-refractivity contribution in [3.8, 4) is 17.2 Å². The van der Waals surface area contributed by atoms with Crippen LogP contribution in [0.25, 0.3) is 0 Å². The number of rotatable bonds is 8. The Kier molecular flexibility index (Phi) is 7.31. The molecule has 1 amide bonds. The lowest BCUT2D eigenvalue weighted by Gasteiger charge is -2.33. The molecular weight excluding hydrogens is 468 g/mol. The van der Waals surface area contributed by atoms with Crippen LogP contribution in [0.4, 0.5) is 0 Å². The number of carbonyl (C=O) groups excluding carboxylic acids is 1. The van der Waals surface area contributed by atoms with Crippen molar-refractivity contribution < 1.29 is 27.4 Å². The number of nitrogens with zero attached hydrogens (tertiary/aromatic N) is 1. The molecule has 0 saturated heterocycles. The number of methoxy groups -OCH3 is 1. The maximum Gasteiger partial charge on any atom is 0.243 e. The number of hydrogen-bond acceptors (Lipinski definition) is 6. The summed E-state index contributed by atoms with van der Waals surface area (Å²) in [6.45, 7) is 0.165. The molecule has 0 spiro atoms. The average molecular weight is 495 g/mol. The Labute approximate surface area is 198 Å². The van der Waals surface area contributed by atoms with Gasteiger partial charge in [-0.3, -0.25) is 4.79 Å². The highest BCUT2D eigenvalue weighted by Gasteiger charge is 2.34. The number of amides is 1. The number of carbonyl (C=O) groups is 1. The van der Waals surface area contributed by atoms with Crippen molar-refractivity contribution in [1.29, 1.82) is 0 Å². The van der Waals surface area contributed by atoms with E-state index in [9.17, 15) is 13.2 Å². The maximum atomic E-state index is 13.5. The Bertz CT molecular complexity index is 1120. The van der Waals surface area contributed by atoms with Crippen LogP contribution in [0.1, 0.15) is 37.7 Å². The quantitative estimate of drug-likeness (QED) is 0.601. The Morgan fingerprint density at radius 3 is 2.61 bits per heavy atom. The van der Waals surface area contributed by atoms with E-state index in [1.165, 1.54) is 29.6 Å². The van der Waals surface area contributed by atoms with E-state index in [-0.39, 0.29) is 41.7 Å². The molecule has 178 valence electrons. The fourth-order valence-corrected chi connectivity index (χ4v) is 6.16. The number of halogens is 1. The summed E-state index contributed by atoms with van der Waals surface area (Å²) in [6, 6.07) is 9.54. The molecule has 1 aliphatic carbocycles. The first-order chi connectivity index (χ1) is 15.9. The van der Waals surface area contributed by atoms with Crippen molar-refractivity contribution in [2.24, 2.45) is 0 Å². The Balaban J connectivity index is 1.50. The largest absolute Gasteiger partial charge is 0.495 e. The van der Waals surface area contributed by atoms with Gasteiger partial charge in [-0.15, -0.1) is 0 Å². The van der Waals surface area contributed by atoms with Gasteiger partial charge in [-0.1, -0.05) is 36.9 Å². The van der Waals surface area contributed by atoms with Crippen LogP contribution in [-0.4, -0.2) is 45.1 Å². The first-order valence-electron chi connectivity index (χ1n) is 10.9. The van der Waals surface area contributed by atoms with E-state index in [2.05, 4.69) is 5.32 Å². The average Bonchev–Trinajstić information content (AvgIpc) is 3.29. The summed E-state index contributed by atoms with van der Waals surface area (Å²) in [6.07, 6.45) is 4.36. The number of benzene rings is 2. The second-order valence-electron chi connectivity index (χ2n) is 8.10. The zero-order valence-electron chi connectivity index (χ0n) is 18.4. The molecule has 8 nitrogen and oxygen atoms in total. The standard InChI is InChI=1S/C23H27ClN2O6S/c1-30-20-10-8-18(12-19(20)24)33(28,29)26(17-5-3-2-4-6-17)14-23(27)25-13-16-7-9-21-22(11-16)32-15-31-21/h7-12,17H,2-6,13-15H2,1H3,(H,25,27). The summed E-state index contributed by atoms with van der Waals surface area (Å²) >= 11 is 6.18. The summed E-state index contributed by atoms with van der Waals surface area (Å²) in [5, 5.41) is 3.03.